The maximum Gasteiger partial charge on any atom is 0.258 e. The fourth-order valence-electron chi connectivity index (χ4n) is 2.00. The van der Waals surface area contributed by atoms with Gasteiger partial charge in [-0.05, 0) is 31.4 Å². The van der Waals surface area contributed by atoms with Crippen molar-refractivity contribution in [2.45, 2.75) is 33.2 Å². The molecule has 118 valence electrons. The van der Waals surface area contributed by atoms with Crippen LogP contribution in [0.5, 0.6) is 11.5 Å². The van der Waals surface area contributed by atoms with Gasteiger partial charge in [0.2, 0.25) is 0 Å². The maximum absolute atomic E-state index is 11.8. The van der Waals surface area contributed by atoms with E-state index in [-0.39, 0.29) is 25.2 Å². The number of aliphatic hydroxyl groups is 1. The van der Waals surface area contributed by atoms with E-state index in [0.717, 1.165) is 6.42 Å². The van der Waals surface area contributed by atoms with Gasteiger partial charge in [-0.15, -0.1) is 0 Å². The average molecular weight is 295 g/mol. The summed E-state index contributed by atoms with van der Waals surface area (Å²) in [5.41, 5.74) is 0. The van der Waals surface area contributed by atoms with E-state index < -0.39 is 0 Å². The van der Waals surface area contributed by atoms with Crippen LogP contribution in [0.1, 0.15) is 27.2 Å². The van der Waals surface area contributed by atoms with Crippen molar-refractivity contribution in [3.8, 4) is 11.5 Å². The first-order valence-corrected chi connectivity index (χ1v) is 7.31. The van der Waals surface area contributed by atoms with E-state index in [1.807, 2.05) is 32.9 Å². The minimum Gasteiger partial charge on any atom is -0.490 e. The van der Waals surface area contributed by atoms with Gasteiger partial charge >= 0.3 is 0 Å². The van der Waals surface area contributed by atoms with Crippen molar-refractivity contribution >= 4 is 5.91 Å². The third-order valence-electron chi connectivity index (χ3n) is 2.85. The fraction of sp³-hybridized carbons (Fsp3) is 0.562. The predicted octanol–water partition coefficient (Wildman–Crippen LogP) is 1.99. The van der Waals surface area contributed by atoms with Gasteiger partial charge in [0, 0.05) is 0 Å². The Labute approximate surface area is 126 Å². The lowest BCUT2D eigenvalue weighted by Gasteiger charge is -2.18. The van der Waals surface area contributed by atoms with Crippen LogP contribution < -0.4 is 14.8 Å². The molecule has 1 aromatic rings. The molecule has 0 bridgehead atoms. The van der Waals surface area contributed by atoms with Gasteiger partial charge in [0.25, 0.3) is 5.91 Å². The van der Waals surface area contributed by atoms with E-state index in [9.17, 15) is 9.90 Å². The highest BCUT2D eigenvalue weighted by Crippen LogP contribution is 2.26. The predicted molar refractivity (Wildman–Crippen MR) is 81.6 cm³/mol. The third kappa shape index (κ3) is 6.49. The van der Waals surface area contributed by atoms with Crippen molar-refractivity contribution in [1.82, 2.24) is 5.32 Å². The molecule has 1 aromatic carbocycles. The highest BCUT2D eigenvalue weighted by atomic mass is 16.5. The summed E-state index contributed by atoms with van der Waals surface area (Å²) in [4.78, 5) is 11.8. The first-order valence-electron chi connectivity index (χ1n) is 7.31. The number of ether oxygens (including phenoxy) is 2. The average Bonchev–Trinajstić information content (AvgIpc) is 2.45. The van der Waals surface area contributed by atoms with E-state index in [1.165, 1.54) is 0 Å². The van der Waals surface area contributed by atoms with Crippen molar-refractivity contribution in [3.63, 3.8) is 0 Å². The molecule has 5 nitrogen and oxygen atoms in total. The van der Waals surface area contributed by atoms with Crippen LogP contribution in [0.15, 0.2) is 24.3 Å². The summed E-state index contributed by atoms with van der Waals surface area (Å²) < 4.78 is 10.9. The highest BCUT2D eigenvalue weighted by Gasteiger charge is 2.14. The van der Waals surface area contributed by atoms with Gasteiger partial charge < -0.3 is 19.9 Å². The summed E-state index contributed by atoms with van der Waals surface area (Å²) in [6.45, 7) is 6.35. The van der Waals surface area contributed by atoms with Crippen LogP contribution >= 0.6 is 0 Å². The smallest absolute Gasteiger partial charge is 0.258 e. The lowest BCUT2D eigenvalue weighted by atomic mass is 10.0. The lowest BCUT2D eigenvalue weighted by Crippen LogP contribution is -2.40. The number of aliphatic hydroxyl groups excluding tert-OH is 1. The molecule has 0 aromatic heterocycles. The molecule has 21 heavy (non-hydrogen) atoms. The van der Waals surface area contributed by atoms with E-state index >= 15 is 0 Å². The molecule has 0 aliphatic carbocycles. The number of nitrogens with one attached hydrogen (secondary N) is 1. The Morgan fingerprint density at radius 3 is 2.38 bits per heavy atom. The molecule has 0 aliphatic heterocycles. The largest absolute Gasteiger partial charge is 0.490 e. The van der Waals surface area contributed by atoms with Crippen LogP contribution in [0, 0.1) is 5.92 Å². The summed E-state index contributed by atoms with van der Waals surface area (Å²) in [7, 11) is 0. The summed E-state index contributed by atoms with van der Waals surface area (Å²) in [6, 6.07) is 7.00. The fourth-order valence-corrected chi connectivity index (χ4v) is 2.00. The Bertz CT molecular complexity index is 434. The minimum atomic E-state index is -0.249. The number of rotatable bonds is 9. The number of carbonyl (C=O) groups is 1. The molecule has 1 rings (SSSR count). The van der Waals surface area contributed by atoms with Crippen LogP contribution in [-0.2, 0) is 4.79 Å². The van der Waals surface area contributed by atoms with Crippen molar-refractivity contribution in [2.24, 2.45) is 5.92 Å². The van der Waals surface area contributed by atoms with Crippen LogP contribution in [-0.4, -0.2) is 36.9 Å². The second-order valence-corrected chi connectivity index (χ2v) is 5.24. The van der Waals surface area contributed by atoms with Gasteiger partial charge in [-0.2, -0.15) is 0 Å². The van der Waals surface area contributed by atoms with Crippen molar-refractivity contribution < 1.29 is 19.4 Å². The van der Waals surface area contributed by atoms with Crippen molar-refractivity contribution in [2.75, 3.05) is 19.8 Å². The Morgan fingerprint density at radius 1 is 1.24 bits per heavy atom. The molecule has 0 aliphatic rings. The molecule has 0 spiro atoms. The third-order valence-corrected chi connectivity index (χ3v) is 2.85. The molecule has 0 fully saturated rings. The van der Waals surface area contributed by atoms with Crippen molar-refractivity contribution in [3.05, 3.63) is 24.3 Å². The maximum atomic E-state index is 11.8. The number of benzene rings is 1. The standard InChI is InChI=1S/C16H25NO4/c1-4-20-14-7-5-6-8-15(14)21-11-16(19)17-13(10-18)9-12(2)3/h5-8,12-13,18H,4,9-11H2,1-3H3,(H,17,19). The van der Waals surface area contributed by atoms with Crippen LogP contribution in [0.3, 0.4) is 0 Å². The number of para-hydroxylation sites is 2. The van der Waals surface area contributed by atoms with E-state index in [2.05, 4.69) is 5.32 Å². The Kier molecular flexibility index (Phi) is 7.61. The van der Waals surface area contributed by atoms with Crippen LogP contribution in [0.2, 0.25) is 0 Å². The quantitative estimate of drug-likeness (QED) is 0.731. The van der Waals surface area contributed by atoms with Gasteiger partial charge in [-0.3, -0.25) is 4.79 Å². The molecule has 1 atom stereocenters. The topological polar surface area (TPSA) is 67.8 Å². The number of amides is 1. The zero-order chi connectivity index (χ0) is 15.7. The molecule has 5 heteroatoms. The molecule has 2 N–H and O–H groups in total. The highest BCUT2D eigenvalue weighted by molar-refractivity contribution is 5.77. The number of hydrogen-bond donors (Lipinski definition) is 2. The first kappa shape index (κ1) is 17.3. The number of hydrogen-bond acceptors (Lipinski definition) is 4. The summed E-state index contributed by atoms with van der Waals surface area (Å²) >= 11 is 0. The van der Waals surface area contributed by atoms with Gasteiger partial charge in [-0.25, -0.2) is 0 Å². The molecule has 0 saturated carbocycles. The lowest BCUT2D eigenvalue weighted by molar-refractivity contribution is -0.124. The first-order chi connectivity index (χ1) is 10.1. The van der Waals surface area contributed by atoms with E-state index in [4.69, 9.17) is 9.47 Å². The van der Waals surface area contributed by atoms with Crippen LogP contribution in [0.4, 0.5) is 0 Å². The normalized spacial score (nSPS) is 12.0. The zero-order valence-electron chi connectivity index (χ0n) is 13.0. The summed E-state index contributed by atoms with van der Waals surface area (Å²) in [6.07, 6.45) is 0.734. The second-order valence-electron chi connectivity index (χ2n) is 5.24. The molecule has 0 heterocycles. The Balaban J connectivity index is 2.49. The molecule has 0 radical (unpaired) electrons. The van der Waals surface area contributed by atoms with Gasteiger partial charge in [-0.1, -0.05) is 26.0 Å². The van der Waals surface area contributed by atoms with Crippen molar-refractivity contribution in [1.29, 1.82) is 0 Å². The SMILES string of the molecule is CCOc1ccccc1OCC(=O)NC(CO)CC(C)C. The molecule has 0 saturated heterocycles. The van der Waals surface area contributed by atoms with Gasteiger partial charge in [0.1, 0.15) is 0 Å². The second kappa shape index (κ2) is 9.23. The number of carbonyl (C=O) groups excluding carboxylic acids is 1. The molecular formula is C16H25NO4. The van der Waals surface area contributed by atoms with Gasteiger partial charge in [0.15, 0.2) is 18.1 Å². The Morgan fingerprint density at radius 2 is 1.86 bits per heavy atom. The monoisotopic (exact) mass is 295 g/mol. The van der Waals surface area contributed by atoms with E-state index in [0.29, 0.717) is 24.0 Å². The van der Waals surface area contributed by atoms with E-state index in [1.54, 1.807) is 12.1 Å². The van der Waals surface area contributed by atoms with Crippen LogP contribution in [0.25, 0.3) is 0 Å². The molecule has 1 amide bonds. The Hall–Kier alpha value is -1.75. The summed E-state index contributed by atoms with van der Waals surface area (Å²) in [5.74, 6) is 1.32. The molecule has 1 unspecified atom stereocenters. The van der Waals surface area contributed by atoms with Gasteiger partial charge in [0.05, 0.1) is 19.3 Å². The summed E-state index contributed by atoms with van der Waals surface area (Å²) in [5, 5.41) is 12.0. The molecular weight excluding hydrogens is 270 g/mol. The minimum absolute atomic E-state index is 0.0700. The zero-order valence-corrected chi connectivity index (χ0v) is 13.0.